The van der Waals surface area contributed by atoms with Gasteiger partial charge in [0.25, 0.3) is 11.5 Å². The molecule has 0 bridgehead atoms. The maximum atomic E-state index is 12.7. The molecule has 0 aliphatic rings. The van der Waals surface area contributed by atoms with E-state index in [1.807, 2.05) is 66.7 Å². The Balaban J connectivity index is 1.48. The van der Waals surface area contributed by atoms with Crippen LogP contribution in [0.5, 0.6) is 5.75 Å². The SMILES string of the molecule is COc1ccc(C(=O)NCCc2cc3ccccc3[nH]c2=O)cc1-c1ccccc1. The first-order chi connectivity index (χ1) is 14.7. The van der Waals surface area contributed by atoms with Crippen LogP contribution >= 0.6 is 0 Å². The van der Waals surface area contributed by atoms with Gasteiger partial charge in [0.1, 0.15) is 5.75 Å². The van der Waals surface area contributed by atoms with Gasteiger partial charge >= 0.3 is 0 Å². The number of fused-ring (bicyclic) bond motifs is 1. The molecule has 5 heteroatoms. The molecule has 0 spiro atoms. The average molecular weight is 398 g/mol. The van der Waals surface area contributed by atoms with Crippen molar-refractivity contribution >= 4 is 16.8 Å². The minimum Gasteiger partial charge on any atom is -0.496 e. The molecule has 2 N–H and O–H groups in total. The predicted molar refractivity (Wildman–Crippen MR) is 119 cm³/mol. The second-order valence-corrected chi connectivity index (χ2v) is 7.00. The van der Waals surface area contributed by atoms with Gasteiger partial charge in [-0.15, -0.1) is 0 Å². The summed E-state index contributed by atoms with van der Waals surface area (Å²) in [5, 5.41) is 3.88. The Morgan fingerprint density at radius 1 is 0.967 bits per heavy atom. The van der Waals surface area contributed by atoms with Crippen molar-refractivity contribution in [3.63, 3.8) is 0 Å². The number of carbonyl (C=O) groups is 1. The number of aromatic amines is 1. The van der Waals surface area contributed by atoms with Gasteiger partial charge in [-0.3, -0.25) is 9.59 Å². The molecule has 1 amide bonds. The minimum atomic E-state index is -0.188. The second kappa shape index (κ2) is 8.66. The quantitative estimate of drug-likeness (QED) is 0.512. The van der Waals surface area contributed by atoms with Crippen molar-refractivity contribution < 1.29 is 9.53 Å². The molecule has 0 radical (unpaired) electrons. The smallest absolute Gasteiger partial charge is 0.251 e. The second-order valence-electron chi connectivity index (χ2n) is 7.00. The van der Waals surface area contributed by atoms with E-state index >= 15 is 0 Å². The molecule has 0 aliphatic carbocycles. The molecule has 0 saturated carbocycles. The third-order valence-corrected chi connectivity index (χ3v) is 5.06. The number of amides is 1. The molecule has 5 nitrogen and oxygen atoms in total. The van der Waals surface area contributed by atoms with Crippen LogP contribution in [0.3, 0.4) is 0 Å². The topological polar surface area (TPSA) is 71.2 Å². The molecular formula is C25H22N2O3. The first kappa shape index (κ1) is 19.5. The highest BCUT2D eigenvalue weighted by Gasteiger charge is 2.12. The lowest BCUT2D eigenvalue weighted by Crippen LogP contribution is -2.27. The van der Waals surface area contributed by atoms with Crippen molar-refractivity contribution in [2.45, 2.75) is 6.42 Å². The lowest BCUT2D eigenvalue weighted by Gasteiger charge is -2.11. The minimum absolute atomic E-state index is 0.126. The van der Waals surface area contributed by atoms with E-state index in [2.05, 4.69) is 10.3 Å². The van der Waals surface area contributed by atoms with Crippen molar-refractivity contribution in [3.05, 3.63) is 100 Å². The van der Waals surface area contributed by atoms with Crippen LogP contribution in [0, 0.1) is 0 Å². The van der Waals surface area contributed by atoms with Crippen LogP contribution in [0.4, 0.5) is 0 Å². The van der Waals surface area contributed by atoms with E-state index in [-0.39, 0.29) is 11.5 Å². The maximum absolute atomic E-state index is 12.7. The molecule has 1 heterocycles. The summed E-state index contributed by atoms with van der Waals surface area (Å²) in [6.07, 6.45) is 0.452. The Bertz CT molecular complexity index is 1250. The zero-order valence-corrected chi connectivity index (χ0v) is 16.6. The van der Waals surface area contributed by atoms with E-state index in [9.17, 15) is 9.59 Å². The third-order valence-electron chi connectivity index (χ3n) is 5.06. The summed E-state index contributed by atoms with van der Waals surface area (Å²) in [6.45, 7) is 0.368. The number of hydrogen-bond donors (Lipinski definition) is 2. The number of ether oxygens (including phenoxy) is 1. The van der Waals surface area contributed by atoms with E-state index in [0.29, 0.717) is 29.8 Å². The number of pyridine rings is 1. The molecule has 0 atom stereocenters. The van der Waals surface area contributed by atoms with E-state index in [1.54, 1.807) is 19.2 Å². The molecule has 1 aromatic heterocycles. The monoisotopic (exact) mass is 398 g/mol. The summed E-state index contributed by atoms with van der Waals surface area (Å²) >= 11 is 0. The molecule has 3 aromatic carbocycles. The van der Waals surface area contributed by atoms with Gasteiger partial charge in [0.15, 0.2) is 0 Å². The average Bonchev–Trinajstić information content (AvgIpc) is 2.79. The zero-order valence-electron chi connectivity index (χ0n) is 16.6. The molecule has 4 rings (SSSR count). The summed E-state index contributed by atoms with van der Waals surface area (Å²) in [7, 11) is 1.61. The lowest BCUT2D eigenvalue weighted by atomic mass is 10.0. The summed E-state index contributed by atoms with van der Waals surface area (Å²) in [5.41, 5.74) is 3.71. The Labute approximate surface area is 174 Å². The fourth-order valence-electron chi connectivity index (χ4n) is 3.48. The predicted octanol–water partition coefficient (Wildman–Crippen LogP) is 4.18. The number of para-hydroxylation sites is 1. The van der Waals surface area contributed by atoms with Crippen molar-refractivity contribution in [3.8, 4) is 16.9 Å². The Morgan fingerprint density at radius 2 is 1.73 bits per heavy atom. The first-order valence-corrected chi connectivity index (χ1v) is 9.78. The fourth-order valence-corrected chi connectivity index (χ4v) is 3.48. The van der Waals surface area contributed by atoms with E-state index in [1.165, 1.54) is 0 Å². The van der Waals surface area contributed by atoms with Crippen LogP contribution in [-0.2, 0) is 6.42 Å². The highest BCUT2D eigenvalue weighted by molar-refractivity contribution is 5.96. The Hall–Kier alpha value is -3.86. The fraction of sp³-hybridized carbons (Fsp3) is 0.120. The van der Waals surface area contributed by atoms with Gasteiger partial charge in [-0.25, -0.2) is 0 Å². The molecule has 150 valence electrons. The van der Waals surface area contributed by atoms with Crippen LogP contribution < -0.4 is 15.6 Å². The number of methoxy groups -OCH3 is 1. The number of rotatable bonds is 6. The summed E-state index contributed by atoms with van der Waals surface area (Å²) in [4.78, 5) is 27.8. The zero-order chi connectivity index (χ0) is 20.9. The number of carbonyl (C=O) groups excluding carboxylic acids is 1. The van der Waals surface area contributed by atoms with Gasteiger partial charge in [-0.05, 0) is 47.7 Å². The Kier molecular flexibility index (Phi) is 5.61. The van der Waals surface area contributed by atoms with E-state index in [4.69, 9.17) is 4.74 Å². The summed E-state index contributed by atoms with van der Waals surface area (Å²) in [5.74, 6) is 0.521. The number of hydrogen-bond acceptors (Lipinski definition) is 3. The van der Waals surface area contributed by atoms with Gasteiger partial charge in [0, 0.05) is 28.8 Å². The van der Waals surface area contributed by atoms with Gasteiger partial charge in [0.05, 0.1) is 7.11 Å². The van der Waals surface area contributed by atoms with Gasteiger partial charge in [0.2, 0.25) is 0 Å². The lowest BCUT2D eigenvalue weighted by molar-refractivity contribution is 0.0954. The molecule has 0 unspecified atom stereocenters. The van der Waals surface area contributed by atoms with Gasteiger partial charge in [-0.2, -0.15) is 0 Å². The van der Waals surface area contributed by atoms with Crippen LogP contribution in [0.1, 0.15) is 15.9 Å². The van der Waals surface area contributed by atoms with Gasteiger partial charge < -0.3 is 15.0 Å². The largest absolute Gasteiger partial charge is 0.496 e. The van der Waals surface area contributed by atoms with Crippen LogP contribution in [0.15, 0.2) is 83.7 Å². The summed E-state index contributed by atoms with van der Waals surface area (Å²) in [6, 6.07) is 24.7. The van der Waals surface area contributed by atoms with Crippen LogP contribution in [0.2, 0.25) is 0 Å². The first-order valence-electron chi connectivity index (χ1n) is 9.78. The normalized spacial score (nSPS) is 10.7. The Morgan fingerprint density at radius 3 is 2.53 bits per heavy atom. The molecular weight excluding hydrogens is 376 g/mol. The number of aromatic nitrogens is 1. The van der Waals surface area contributed by atoms with Crippen molar-refractivity contribution in [2.75, 3.05) is 13.7 Å². The molecule has 0 aliphatic heterocycles. The van der Waals surface area contributed by atoms with Crippen molar-refractivity contribution in [2.24, 2.45) is 0 Å². The van der Waals surface area contributed by atoms with Gasteiger partial charge in [-0.1, -0.05) is 48.5 Å². The number of H-pyrrole nitrogens is 1. The van der Waals surface area contributed by atoms with E-state index < -0.39 is 0 Å². The molecule has 30 heavy (non-hydrogen) atoms. The highest BCUT2D eigenvalue weighted by atomic mass is 16.5. The highest BCUT2D eigenvalue weighted by Crippen LogP contribution is 2.30. The summed E-state index contributed by atoms with van der Waals surface area (Å²) < 4.78 is 5.45. The van der Waals surface area contributed by atoms with Crippen molar-refractivity contribution in [1.29, 1.82) is 0 Å². The third kappa shape index (κ3) is 4.10. The molecule has 0 saturated heterocycles. The van der Waals surface area contributed by atoms with E-state index in [0.717, 1.165) is 22.0 Å². The molecule has 0 fully saturated rings. The van der Waals surface area contributed by atoms with Crippen molar-refractivity contribution in [1.82, 2.24) is 10.3 Å². The maximum Gasteiger partial charge on any atom is 0.251 e. The molecule has 4 aromatic rings. The number of nitrogens with one attached hydrogen (secondary N) is 2. The van der Waals surface area contributed by atoms with Crippen LogP contribution in [-0.4, -0.2) is 24.5 Å². The van der Waals surface area contributed by atoms with Crippen LogP contribution in [0.25, 0.3) is 22.0 Å². The standard InChI is InChI=1S/C25H22N2O3/c1-30-23-12-11-19(16-21(23)17-7-3-2-4-8-17)24(28)26-14-13-20-15-18-9-5-6-10-22(18)27-25(20)29/h2-12,15-16H,13-14H2,1H3,(H,26,28)(H,27,29). The number of benzene rings is 3.